The van der Waals surface area contributed by atoms with Crippen LogP contribution in [0.3, 0.4) is 0 Å². The van der Waals surface area contributed by atoms with E-state index >= 15 is 0 Å². The van der Waals surface area contributed by atoms with Crippen molar-refractivity contribution in [2.75, 3.05) is 13.1 Å². The van der Waals surface area contributed by atoms with Crippen LogP contribution in [-0.2, 0) is 9.53 Å². The molecule has 1 rings (SSSR count). The fourth-order valence-corrected chi connectivity index (χ4v) is 2.27. The molecule has 1 saturated heterocycles. The van der Waals surface area contributed by atoms with Crippen molar-refractivity contribution in [3.05, 3.63) is 0 Å². The zero-order chi connectivity index (χ0) is 14.5. The number of rotatable bonds is 4. The Bertz CT molecular complexity index is 314. The number of likely N-dealkylation sites (tertiary alicyclic amines) is 1. The van der Waals surface area contributed by atoms with Gasteiger partial charge in [-0.2, -0.15) is 0 Å². The highest BCUT2D eigenvalue weighted by Gasteiger charge is 2.26. The fraction of sp³-hybridized carbons (Fsp3) is 0.857. The van der Waals surface area contributed by atoms with Crippen LogP contribution in [0.15, 0.2) is 0 Å². The van der Waals surface area contributed by atoms with E-state index in [-0.39, 0.29) is 12.5 Å². The van der Waals surface area contributed by atoms with E-state index in [0.717, 1.165) is 19.3 Å². The third-order valence-electron chi connectivity index (χ3n) is 3.26. The maximum absolute atomic E-state index is 11.8. The standard InChI is InChI=1S/C14H25NO4/c1-14(2,3)19-13(18)15-9-7-11(8-10-15)5-4-6-12(16)17/h11H,4-10H2,1-3H3,(H,16,17)/p-1. The van der Waals surface area contributed by atoms with Gasteiger partial charge in [-0.1, -0.05) is 0 Å². The van der Waals surface area contributed by atoms with Crippen LogP contribution in [0, 0.1) is 5.92 Å². The van der Waals surface area contributed by atoms with Crippen molar-refractivity contribution >= 4 is 12.1 Å². The van der Waals surface area contributed by atoms with Crippen LogP contribution >= 0.6 is 0 Å². The summed E-state index contributed by atoms with van der Waals surface area (Å²) in [5.74, 6) is -0.468. The zero-order valence-corrected chi connectivity index (χ0v) is 12.1. The Balaban J connectivity index is 2.25. The Kier molecular flexibility index (Phi) is 5.63. The molecule has 5 nitrogen and oxygen atoms in total. The fourth-order valence-electron chi connectivity index (χ4n) is 2.27. The average molecular weight is 270 g/mol. The Morgan fingerprint density at radius 2 is 1.84 bits per heavy atom. The number of piperidine rings is 1. The minimum atomic E-state index is -0.980. The number of carbonyl (C=O) groups excluding carboxylic acids is 2. The van der Waals surface area contributed by atoms with Gasteiger partial charge in [-0.15, -0.1) is 0 Å². The highest BCUT2D eigenvalue weighted by atomic mass is 16.6. The first-order valence-electron chi connectivity index (χ1n) is 6.95. The number of amides is 1. The summed E-state index contributed by atoms with van der Waals surface area (Å²) in [7, 11) is 0. The summed E-state index contributed by atoms with van der Waals surface area (Å²) in [6, 6.07) is 0. The number of carbonyl (C=O) groups is 2. The Morgan fingerprint density at radius 3 is 2.32 bits per heavy atom. The van der Waals surface area contributed by atoms with Gasteiger partial charge >= 0.3 is 6.09 Å². The second kappa shape index (κ2) is 6.78. The van der Waals surface area contributed by atoms with E-state index < -0.39 is 11.6 Å². The second-order valence-electron chi connectivity index (χ2n) is 6.18. The second-order valence-corrected chi connectivity index (χ2v) is 6.18. The predicted molar refractivity (Wildman–Crippen MR) is 69.4 cm³/mol. The summed E-state index contributed by atoms with van der Waals surface area (Å²) in [6.45, 7) is 6.97. The monoisotopic (exact) mass is 270 g/mol. The molecule has 1 heterocycles. The molecule has 0 radical (unpaired) electrons. The van der Waals surface area contributed by atoms with Gasteiger partial charge in [-0.25, -0.2) is 4.79 Å². The molecule has 0 spiro atoms. The molecule has 0 atom stereocenters. The van der Waals surface area contributed by atoms with Gasteiger partial charge in [-0.3, -0.25) is 0 Å². The molecule has 0 aromatic carbocycles. The number of ether oxygens (including phenoxy) is 1. The van der Waals surface area contributed by atoms with Gasteiger partial charge in [0.2, 0.25) is 0 Å². The van der Waals surface area contributed by atoms with E-state index in [1.165, 1.54) is 0 Å². The summed E-state index contributed by atoms with van der Waals surface area (Å²) in [4.78, 5) is 23.9. The molecule has 110 valence electrons. The summed E-state index contributed by atoms with van der Waals surface area (Å²) >= 11 is 0. The van der Waals surface area contributed by atoms with Crippen LogP contribution in [0.25, 0.3) is 0 Å². The van der Waals surface area contributed by atoms with E-state index in [4.69, 9.17) is 4.74 Å². The van der Waals surface area contributed by atoms with Crippen LogP contribution in [0.2, 0.25) is 0 Å². The number of hydrogen-bond acceptors (Lipinski definition) is 4. The Hall–Kier alpha value is -1.26. The van der Waals surface area contributed by atoms with Crippen LogP contribution in [0.1, 0.15) is 52.9 Å². The lowest BCUT2D eigenvalue weighted by Crippen LogP contribution is -2.41. The molecular weight excluding hydrogens is 246 g/mol. The summed E-state index contributed by atoms with van der Waals surface area (Å²) in [5.41, 5.74) is -0.456. The number of hydrogen-bond donors (Lipinski definition) is 0. The van der Waals surface area contributed by atoms with Gasteiger partial charge < -0.3 is 19.5 Å². The van der Waals surface area contributed by atoms with E-state index in [1.807, 2.05) is 20.8 Å². The average Bonchev–Trinajstić information content (AvgIpc) is 2.27. The third kappa shape index (κ3) is 6.45. The smallest absolute Gasteiger partial charge is 0.410 e. The van der Waals surface area contributed by atoms with Gasteiger partial charge in [0, 0.05) is 19.1 Å². The SMILES string of the molecule is CC(C)(C)OC(=O)N1CCC(CCCC(=O)[O-])CC1. The van der Waals surface area contributed by atoms with E-state index in [9.17, 15) is 14.7 Å². The highest BCUT2D eigenvalue weighted by Crippen LogP contribution is 2.23. The first-order valence-corrected chi connectivity index (χ1v) is 6.95. The predicted octanol–water partition coefficient (Wildman–Crippen LogP) is 1.55. The summed E-state index contributed by atoms with van der Waals surface area (Å²) in [6.07, 6.45) is 3.29. The normalized spacial score (nSPS) is 17.3. The van der Waals surface area contributed by atoms with E-state index in [0.29, 0.717) is 25.4 Å². The van der Waals surface area contributed by atoms with Crippen LogP contribution in [0.4, 0.5) is 4.79 Å². The summed E-state index contributed by atoms with van der Waals surface area (Å²) < 4.78 is 5.33. The van der Waals surface area contributed by atoms with Gasteiger partial charge in [-0.05, 0) is 58.8 Å². The number of nitrogens with zero attached hydrogens (tertiary/aromatic N) is 1. The lowest BCUT2D eigenvalue weighted by molar-refractivity contribution is -0.305. The highest BCUT2D eigenvalue weighted by molar-refractivity contribution is 5.68. The molecule has 0 aliphatic carbocycles. The van der Waals surface area contributed by atoms with Crippen molar-refractivity contribution in [2.24, 2.45) is 5.92 Å². The first kappa shape index (κ1) is 15.8. The van der Waals surface area contributed by atoms with Gasteiger partial charge in [0.1, 0.15) is 5.60 Å². The van der Waals surface area contributed by atoms with Crippen molar-refractivity contribution in [3.8, 4) is 0 Å². The Labute approximate surface area is 114 Å². The molecule has 5 heteroatoms. The molecule has 0 saturated carbocycles. The molecule has 0 aromatic heterocycles. The summed E-state index contributed by atoms with van der Waals surface area (Å²) in [5, 5.41) is 10.3. The molecule has 19 heavy (non-hydrogen) atoms. The van der Waals surface area contributed by atoms with Crippen LogP contribution in [0.5, 0.6) is 0 Å². The molecule has 0 aromatic rings. The number of carboxylic acids is 1. The van der Waals surface area contributed by atoms with Crippen molar-refractivity contribution in [3.63, 3.8) is 0 Å². The lowest BCUT2D eigenvalue weighted by atomic mass is 9.92. The number of carboxylic acid groups (broad SMARTS) is 1. The van der Waals surface area contributed by atoms with Crippen molar-refractivity contribution in [2.45, 2.75) is 58.5 Å². The maximum atomic E-state index is 11.8. The van der Waals surface area contributed by atoms with Gasteiger partial charge in [0.15, 0.2) is 0 Å². The maximum Gasteiger partial charge on any atom is 0.410 e. The van der Waals surface area contributed by atoms with Crippen LogP contribution < -0.4 is 5.11 Å². The lowest BCUT2D eigenvalue weighted by Gasteiger charge is -2.33. The number of aliphatic carboxylic acids is 1. The van der Waals surface area contributed by atoms with Crippen LogP contribution in [-0.4, -0.2) is 35.7 Å². The van der Waals surface area contributed by atoms with Crippen molar-refractivity contribution in [1.29, 1.82) is 0 Å². The van der Waals surface area contributed by atoms with Gasteiger partial charge in [0.05, 0.1) is 0 Å². The van der Waals surface area contributed by atoms with Crippen molar-refractivity contribution in [1.82, 2.24) is 4.90 Å². The molecule has 1 aliphatic heterocycles. The molecule has 1 amide bonds. The molecule has 0 N–H and O–H groups in total. The molecular formula is C14H24NO4-. The van der Waals surface area contributed by atoms with E-state index in [1.54, 1.807) is 4.90 Å². The topological polar surface area (TPSA) is 69.7 Å². The molecule has 0 unspecified atom stereocenters. The van der Waals surface area contributed by atoms with E-state index in [2.05, 4.69) is 0 Å². The largest absolute Gasteiger partial charge is 0.550 e. The minimum absolute atomic E-state index is 0.131. The van der Waals surface area contributed by atoms with Crippen molar-refractivity contribution < 1.29 is 19.4 Å². The molecule has 1 fully saturated rings. The first-order chi connectivity index (χ1) is 8.78. The third-order valence-corrected chi connectivity index (χ3v) is 3.26. The Morgan fingerprint density at radius 1 is 1.26 bits per heavy atom. The zero-order valence-electron chi connectivity index (χ0n) is 12.1. The van der Waals surface area contributed by atoms with Gasteiger partial charge in [0.25, 0.3) is 0 Å². The quantitative estimate of drug-likeness (QED) is 0.777. The molecule has 1 aliphatic rings. The molecule has 0 bridgehead atoms. The minimum Gasteiger partial charge on any atom is -0.550 e.